The van der Waals surface area contributed by atoms with Crippen molar-refractivity contribution in [2.75, 3.05) is 12.4 Å². The van der Waals surface area contributed by atoms with Crippen LogP contribution in [0, 0.1) is 17.6 Å². The van der Waals surface area contributed by atoms with Crippen molar-refractivity contribution < 1.29 is 45.8 Å². The van der Waals surface area contributed by atoms with E-state index in [-0.39, 0.29) is 23.6 Å². The molecule has 4 atom stereocenters. The number of carbonyl (C=O) groups is 2. The van der Waals surface area contributed by atoms with Gasteiger partial charge in [-0.2, -0.15) is 17.6 Å². The SMILES string of the molecule is COC(=O)c1cc(NC(=O)[C@@H]2O[C@@](C)(C(F)(F)F)[C@@H](C)[C@H]2c2ccc(F)c(F)c2OCc2ccccc2)ccn1. The largest absolute Gasteiger partial charge is 0.485 e. The second-order valence-corrected chi connectivity index (χ2v) is 9.42. The number of aromatic nitrogens is 1. The van der Waals surface area contributed by atoms with Crippen molar-refractivity contribution in [1.29, 1.82) is 0 Å². The molecule has 0 unspecified atom stereocenters. The number of amides is 1. The lowest BCUT2D eigenvalue weighted by Crippen LogP contribution is -2.47. The van der Waals surface area contributed by atoms with Crippen molar-refractivity contribution in [2.45, 2.75) is 44.3 Å². The molecule has 1 amide bonds. The summed E-state index contributed by atoms with van der Waals surface area (Å²) in [5, 5.41) is 2.43. The number of hydrogen-bond acceptors (Lipinski definition) is 6. The van der Waals surface area contributed by atoms with Crippen molar-refractivity contribution in [3.05, 3.63) is 89.2 Å². The predicted octanol–water partition coefficient (Wildman–Crippen LogP) is 5.80. The van der Waals surface area contributed by atoms with E-state index in [4.69, 9.17) is 9.47 Å². The van der Waals surface area contributed by atoms with E-state index in [0.717, 1.165) is 26.2 Å². The third kappa shape index (κ3) is 5.48. The zero-order chi connectivity index (χ0) is 29.2. The summed E-state index contributed by atoms with van der Waals surface area (Å²) < 4.78 is 87.8. The molecular formula is C28H25F5N2O5. The molecule has 2 heterocycles. The monoisotopic (exact) mass is 564 g/mol. The van der Waals surface area contributed by atoms with Gasteiger partial charge in [0.1, 0.15) is 18.4 Å². The number of ether oxygens (including phenoxy) is 3. The number of esters is 1. The number of pyridine rings is 1. The Morgan fingerprint density at radius 3 is 2.45 bits per heavy atom. The third-order valence-electron chi connectivity index (χ3n) is 7.01. The van der Waals surface area contributed by atoms with Gasteiger partial charge in [0.2, 0.25) is 5.82 Å². The predicted molar refractivity (Wildman–Crippen MR) is 133 cm³/mol. The van der Waals surface area contributed by atoms with E-state index in [1.807, 2.05) is 0 Å². The van der Waals surface area contributed by atoms with Gasteiger partial charge in [0.05, 0.1) is 7.11 Å². The van der Waals surface area contributed by atoms with Gasteiger partial charge < -0.3 is 19.5 Å². The Labute approximate surface area is 226 Å². The van der Waals surface area contributed by atoms with E-state index in [9.17, 15) is 27.2 Å². The average molecular weight is 565 g/mol. The number of rotatable bonds is 7. The van der Waals surface area contributed by atoms with Crippen LogP contribution in [0.1, 0.15) is 41.4 Å². The van der Waals surface area contributed by atoms with Crippen LogP contribution in [0.15, 0.2) is 60.8 Å². The van der Waals surface area contributed by atoms with E-state index < -0.39 is 59.0 Å². The Hall–Kier alpha value is -4.06. The zero-order valence-corrected chi connectivity index (χ0v) is 21.6. The van der Waals surface area contributed by atoms with Crippen LogP contribution < -0.4 is 10.1 Å². The third-order valence-corrected chi connectivity index (χ3v) is 7.01. The van der Waals surface area contributed by atoms with E-state index >= 15 is 4.39 Å². The molecule has 1 fully saturated rings. The Morgan fingerprint density at radius 1 is 1.10 bits per heavy atom. The molecule has 1 N–H and O–H groups in total. The lowest BCUT2D eigenvalue weighted by molar-refractivity contribution is -0.272. The normalized spacial score (nSPS) is 22.6. The fourth-order valence-electron chi connectivity index (χ4n) is 4.65. The number of alkyl halides is 3. The number of methoxy groups -OCH3 is 1. The molecule has 1 aliphatic rings. The first-order chi connectivity index (χ1) is 18.9. The van der Waals surface area contributed by atoms with E-state index in [2.05, 4.69) is 15.0 Å². The Bertz CT molecular complexity index is 1400. The molecule has 0 bridgehead atoms. The van der Waals surface area contributed by atoms with Crippen LogP contribution in [0.3, 0.4) is 0 Å². The summed E-state index contributed by atoms with van der Waals surface area (Å²) in [6.07, 6.45) is -5.53. The molecule has 12 heteroatoms. The van der Waals surface area contributed by atoms with Gasteiger partial charge in [-0.15, -0.1) is 0 Å². The highest BCUT2D eigenvalue weighted by molar-refractivity contribution is 5.96. The molecule has 1 saturated heterocycles. The fraction of sp³-hybridized carbons (Fsp3) is 0.321. The molecule has 7 nitrogen and oxygen atoms in total. The van der Waals surface area contributed by atoms with Crippen LogP contribution in [-0.4, -0.2) is 41.9 Å². The molecule has 0 aliphatic carbocycles. The maximum absolute atomic E-state index is 15.1. The molecule has 1 aliphatic heterocycles. The van der Waals surface area contributed by atoms with E-state index in [1.54, 1.807) is 30.3 Å². The van der Waals surface area contributed by atoms with Crippen molar-refractivity contribution in [2.24, 2.45) is 5.92 Å². The maximum Gasteiger partial charge on any atom is 0.417 e. The second-order valence-electron chi connectivity index (χ2n) is 9.42. The van der Waals surface area contributed by atoms with E-state index in [1.165, 1.54) is 25.3 Å². The minimum atomic E-state index is -4.92. The standard InChI is InChI=1S/C28H25F5N2O5/c1-15-21(18-9-10-19(29)22(30)23(18)39-14-16-7-5-4-6-8-16)24(40-27(15,2)28(31,32)33)25(36)35-17-11-12-34-20(13-17)26(37)38-3/h4-13,15,21,24H,14H2,1-3H3,(H,34,35,36)/t15-,21-,24+,27+/m0/s1. The number of benzene rings is 2. The molecule has 2 aromatic carbocycles. The Balaban J connectivity index is 1.75. The summed E-state index contributed by atoms with van der Waals surface area (Å²) in [6, 6.07) is 12.8. The summed E-state index contributed by atoms with van der Waals surface area (Å²) in [5.74, 6) is -7.95. The quantitative estimate of drug-likeness (QED) is 0.288. The van der Waals surface area contributed by atoms with Crippen molar-refractivity contribution >= 4 is 17.6 Å². The molecule has 4 rings (SSSR count). The van der Waals surface area contributed by atoms with Crippen LogP contribution in [-0.2, 0) is 20.9 Å². The smallest absolute Gasteiger partial charge is 0.417 e. The van der Waals surface area contributed by atoms with Gasteiger partial charge in [-0.3, -0.25) is 4.79 Å². The molecule has 0 radical (unpaired) electrons. The summed E-state index contributed by atoms with van der Waals surface area (Å²) in [4.78, 5) is 29.0. The molecule has 3 aromatic rings. The maximum atomic E-state index is 15.1. The van der Waals surface area contributed by atoms with Crippen LogP contribution in [0.2, 0.25) is 0 Å². The van der Waals surface area contributed by atoms with Gasteiger partial charge >= 0.3 is 12.1 Å². The van der Waals surface area contributed by atoms with E-state index in [0.29, 0.717) is 5.56 Å². The van der Waals surface area contributed by atoms with Gasteiger partial charge in [0.15, 0.2) is 17.2 Å². The molecular weight excluding hydrogens is 539 g/mol. The van der Waals surface area contributed by atoms with Gasteiger partial charge in [-0.25, -0.2) is 14.2 Å². The summed E-state index contributed by atoms with van der Waals surface area (Å²) in [5.41, 5.74) is -2.52. The van der Waals surface area contributed by atoms with Gasteiger partial charge in [-0.05, 0) is 30.7 Å². The molecule has 0 spiro atoms. The number of nitrogens with zero attached hydrogens (tertiary/aromatic N) is 1. The molecule has 212 valence electrons. The lowest BCUT2D eigenvalue weighted by Gasteiger charge is -2.32. The second kappa shape index (κ2) is 11.2. The minimum absolute atomic E-state index is 0.0295. The number of nitrogens with one attached hydrogen (secondary N) is 1. The van der Waals surface area contributed by atoms with Crippen molar-refractivity contribution in [3.63, 3.8) is 0 Å². The molecule has 40 heavy (non-hydrogen) atoms. The van der Waals surface area contributed by atoms with Crippen LogP contribution >= 0.6 is 0 Å². The topological polar surface area (TPSA) is 86.8 Å². The Morgan fingerprint density at radius 2 is 1.80 bits per heavy atom. The molecule has 1 aromatic heterocycles. The first kappa shape index (κ1) is 28.9. The highest BCUT2D eigenvalue weighted by Crippen LogP contribution is 2.55. The average Bonchev–Trinajstić information content (AvgIpc) is 3.21. The highest BCUT2D eigenvalue weighted by atomic mass is 19.4. The zero-order valence-electron chi connectivity index (χ0n) is 21.6. The number of carbonyl (C=O) groups excluding carboxylic acids is 2. The first-order valence-corrected chi connectivity index (χ1v) is 12.1. The fourth-order valence-corrected chi connectivity index (χ4v) is 4.65. The summed E-state index contributed by atoms with van der Waals surface area (Å²) in [7, 11) is 1.13. The summed E-state index contributed by atoms with van der Waals surface area (Å²) >= 11 is 0. The number of anilines is 1. The number of halogens is 5. The van der Waals surface area contributed by atoms with Gasteiger partial charge in [-0.1, -0.05) is 43.3 Å². The summed E-state index contributed by atoms with van der Waals surface area (Å²) in [6.45, 7) is 1.80. The van der Waals surface area contributed by atoms with Crippen LogP contribution in [0.5, 0.6) is 5.75 Å². The lowest BCUT2D eigenvalue weighted by atomic mass is 9.77. The minimum Gasteiger partial charge on any atom is -0.485 e. The van der Waals surface area contributed by atoms with Crippen molar-refractivity contribution in [3.8, 4) is 5.75 Å². The van der Waals surface area contributed by atoms with Crippen molar-refractivity contribution in [1.82, 2.24) is 4.98 Å². The highest BCUT2D eigenvalue weighted by Gasteiger charge is 2.66. The van der Waals surface area contributed by atoms with Crippen LogP contribution in [0.4, 0.5) is 27.6 Å². The Kier molecular flexibility index (Phi) is 8.10. The molecule has 0 saturated carbocycles. The van der Waals surface area contributed by atoms with Crippen LogP contribution in [0.25, 0.3) is 0 Å². The number of hydrogen-bond donors (Lipinski definition) is 1. The van der Waals surface area contributed by atoms with Gasteiger partial charge in [0.25, 0.3) is 5.91 Å². The first-order valence-electron chi connectivity index (χ1n) is 12.1. The van der Waals surface area contributed by atoms with Gasteiger partial charge in [0, 0.05) is 29.3 Å².